The van der Waals surface area contributed by atoms with Gasteiger partial charge in [-0.1, -0.05) is 37.8 Å². The number of anilines is 1. The van der Waals surface area contributed by atoms with Crippen molar-refractivity contribution >= 4 is 11.7 Å². The van der Waals surface area contributed by atoms with Crippen molar-refractivity contribution < 1.29 is 4.79 Å². The van der Waals surface area contributed by atoms with Crippen molar-refractivity contribution in [2.45, 2.75) is 51.0 Å². The molecule has 0 aliphatic heterocycles. The topological polar surface area (TPSA) is 64.9 Å². The summed E-state index contributed by atoms with van der Waals surface area (Å²) in [7, 11) is 0. The first kappa shape index (κ1) is 14.4. The largest absolute Gasteiger partial charge is 0.335 e. The zero-order chi connectivity index (χ0) is 14.2. The van der Waals surface area contributed by atoms with Gasteiger partial charge in [0.15, 0.2) is 0 Å². The molecule has 20 heavy (non-hydrogen) atoms. The average molecular weight is 271 g/mol. The molecule has 1 aliphatic carbocycles. The number of nitrogens with zero attached hydrogens (tertiary/aromatic N) is 1. The van der Waals surface area contributed by atoms with Crippen LogP contribution in [-0.2, 0) is 6.42 Å². The van der Waals surface area contributed by atoms with Gasteiger partial charge in [-0.2, -0.15) is 5.26 Å². The summed E-state index contributed by atoms with van der Waals surface area (Å²) in [5, 5.41) is 14.5. The second-order valence-electron chi connectivity index (χ2n) is 5.32. The fourth-order valence-corrected chi connectivity index (χ4v) is 2.57. The Morgan fingerprint density at radius 3 is 2.40 bits per heavy atom. The van der Waals surface area contributed by atoms with Crippen LogP contribution in [-0.4, -0.2) is 12.1 Å². The van der Waals surface area contributed by atoms with Crippen LogP contribution in [0.4, 0.5) is 10.5 Å². The lowest BCUT2D eigenvalue weighted by atomic mass is 10.1. The standard InChI is InChI=1S/C16H21N3O/c17-12-11-13-7-9-15(10-8-13)19-16(20)18-14-5-3-1-2-4-6-14/h7-10,14H,1-6,11H2,(H2,18,19,20). The number of urea groups is 1. The van der Waals surface area contributed by atoms with Gasteiger partial charge >= 0.3 is 6.03 Å². The fraction of sp³-hybridized carbons (Fsp3) is 0.500. The molecule has 0 radical (unpaired) electrons. The zero-order valence-corrected chi connectivity index (χ0v) is 11.7. The molecular weight excluding hydrogens is 250 g/mol. The van der Waals surface area contributed by atoms with E-state index in [-0.39, 0.29) is 6.03 Å². The van der Waals surface area contributed by atoms with Gasteiger partial charge in [-0.05, 0) is 30.5 Å². The van der Waals surface area contributed by atoms with E-state index >= 15 is 0 Å². The van der Waals surface area contributed by atoms with Gasteiger partial charge in [0, 0.05) is 11.7 Å². The number of benzene rings is 1. The van der Waals surface area contributed by atoms with E-state index in [1.807, 2.05) is 24.3 Å². The molecule has 4 heteroatoms. The number of nitriles is 1. The predicted octanol–water partition coefficient (Wildman–Crippen LogP) is 3.60. The first-order valence-corrected chi connectivity index (χ1v) is 7.31. The monoisotopic (exact) mass is 271 g/mol. The SMILES string of the molecule is N#CCc1ccc(NC(=O)NC2CCCCCC2)cc1. The van der Waals surface area contributed by atoms with Crippen molar-refractivity contribution in [1.29, 1.82) is 5.26 Å². The molecule has 1 aromatic rings. The summed E-state index contributed by atoms with van der Waals surface area (Å²) in [5.41, 5.74) is 1.72. The van der Waals surface area contributed by atoms with Crippen molar-refractivity contribution in [3.8, 4) is 6.07 Å². The van der Waals surface area contributed by atoms with Crippen LogP contribution in [0.3, 0.4) is 0 Å². The van der Waals surface area contributed by atoms with Crippen molar-refractivity contribution in [2.24, 2.45) is 0 Å². The number of rotatable bonds is 3. The van der Waals surface area contributed by atoms with E-state index in [0.717, 1.165) is 24.1 Å². The van der Waals surface area contributed by atoms with Crippen LogP contribution in [0.15, 0.2) is 24.3 Å². The Morgan fingerprint density at radius 2 is 1.80 bits per heavy atom. The molecule has 1 aromatic carbocycles. The molecule has 0 aromatic heterocycles. The summed E-state index contributed by atoms with van der Waals surface area (Å²) >= 11 is 0. The third-order valence-electron chi connectivity index (χ3n) is 3.69. The summed E-state index contributed by atoms with van der Waals surface area (Å²) in [5.74, 6) is 0. The molecule has 0 unspecified atom stereocenters. The van der Waals surface area contributed by atoms with Gasteiger partial charge < -0.3 is 10.6 Å². The van der Waals surface area contributed by atoms with E-state index in [1.54, 1.807) is 0 Å². The van der Waals surface area contributed by atoms with Crippen LogP contribution in [0.5, 0.6) is 0 Å². The number of hydrogen-bond acceptors (Lipinski definition) is 2. The zero-order valence-electron chi connectivity index (χ0n) is 11.7. The lowest BCUT2D eigenvalue weighted by Gasteiger charge is -2.16. The molecule has 0 saturated heterocycles. The summed E-state index contributed by atoms with van der Waals surface area (Å²) < 4.78 is 0. The Labute approximate surface area is 120 Å². The lowest BCUT2D eigenvalue weighted by Crippen LogP contribution is -2.37. The molecule has 0 spiro atoms. The van der Waals surface area contributed by atoms with E-state index < -0.39 is 0 Å². The van der Waals surface area contributed by atoms with Crippen LogP contribution in [0.1, 0.15) is 44.1 Å². The smallest absolute Gasteiger partial charge is 0.319 e. The van der Waals surface area contributed by atoms with Gasteiger partial charge in [0.05, 0.1) is 12.5 Å². The van der Waals surface area contributed by atoms with E-state index in [0.29, 0.717) is 12.5 Å². The first-order chi connectivity index (χ1) is 9.78. The van der Waals surface area contributed by atoms with Crippen LogP contribution in [0.25, 0.3) is 0 Å². The molecule has 106 valence electrons. The van der Waals surface area contributed by atoms with E-state index in [9.17, 15) is 4.79 Å². The minimum absolute atomic E-state index is 0.134. The van der Waals surface area contributed by atoms with Crippen molar-refractivity contribution in [2.75, 3.05) is 5.32 Å². The highest BCUT2D eigenvalue weighted by Crippen LogP contribution is 2.17. The van der Waals surface area contributed by atoms with Gasteiger partial charge in [-0.25, -0.2) is 4.79 Å². The van der Waals surface area contributed by atoms with E-state index in [1.165, 1.54) is 25.7 Å². The van der Waals surface area contributed by atoms with Crippen molar-refractivity contribution in [3.05, 3.63) is 29.8 Å². The first-order valence-electron chi connectivity index (χ1n) is 7.31. The van der Waals surface area contributed by atoms with Crippen molar-refractivity contribution in [1.82, 2.24) is 5.32 Å². The number of nitrogens with one attached hydrogen (secondary N) is 2. The summed E-state index contributed by atoms with van der Waals surface area (Å²) in [4.78, 5) is 11.9. The van der Waals surface area contributed by atoms with Gasteiger partial charge in [0.2, 0.25) is 0 Å². The highest BCUT2D eigenvalue weighted by molar-refractivity contribution is 5.89. The number of hydrogen-bond donors (Lipinski definition) is 2. The lowest BCUT2D eigenvalue weighted by molar-refractivity contribution is 0.247. The Morgan fingerprint density at radius 1 is 1.15 bits per heavy atom. The van der Waals surface area contributed by atoms with Crippen LogP contribution in [0.2, 0.25) is 0 Å². The van der Waals surface area contributed by atoms with Crippen LogP contribution < -0.4 is 10.6 Å². The molecule has 2 amide bonds. The highest BCUT2D eigenvalue weighted by Gasteiger charge is 2.14. The van der Waals surface area contributed by atoms with Crippen LogP contribution in [0, 0.1) is 11.3 Å². The quantitative estimate of drug-likeness (QED) is 0.825. The molecule has 0 heterocycles. The molecule has 2 rings (SSSR count). The summed E-state index contributed by atoms with van der Waals surface area (Å²) in [6.07, 6.45) is 7.51. The van der Waals surface area contributed by atoms with E-state index in [4.69, 9.17) is 5.26 Å². The number of carbonyl (C=O) groups excluding carboxylic acids is 1. The third-order valence-corrected chi connectivity index (χ3v) is 3.69. The maximum Gasteiger partial charge on any atom is 0.319 e. The molecule has 1 saturated carbocycles. The number of amides is 2. The maximum absolute atomic E-state index is 11.9. The predicted molar refractivity (Wildman–Crippen MR) is 79.4 cm³/mol. The molecule has 1 fully saturated rings. The fourth-order valence-electron chi connectivity index (χ4n) is 2.57. The second kappa shape index (κ2) is 7.54. The van der Waals surface area contributed by atoms with E-state index in [2.05, 4.69) is 16.7 Å². The normalized spacial score (nSPS) is 15.9. The Hall–Kier alpha value is -2.02. The van der Waals surface area contributed by atoms with Gasteiger partial charge in [-0.3, -0.25) is 0 Å². The Bertz CT molecular complexity index is 467. The maximum atomic E-state index is 11.9. The van der Waals surface area contributed by atoms with Crippen molar-refractivity contribution in [3.63, 3.8) is 0 Å². The van der Waals surface area contributed by atoms with Gasteiger partial charge in [0.25, 0.3) is 0 Å². The average Bonchev–Trinajstić information content (AvgIpc) is 2.70. The number of carbonyl (C=O) groups is 1. The Kier molecular flexibility index (Phi) is 5.43. The summed E-state index contributed by atoms with van der Waals surface area (Å²) in [6.45, 7) is 0. The molecular formula is C16H21N3O. The minimum Gasteiger partial charge on any atom is -0.335 e. The molecule has 1 aliphatic rings. The Balaban J connectivity index is 1.82. The van der Waals surface area contributed by atoms with Gasteiger partial charge in [-0.15, -0.1) is 0 Å². The molecule has 0 atom stereocenters. The second-order valence-corrected chi connectivity index (χ2v) is 5.32. The third kappa shape index (κ3) is 4.58. The minimum atomic E-state index is -0.134. The van der Waals surface area contributed by atoms with Gasteiger partial charge in [0.1, 0.15) is 0 Å². The summed E-state index contributed by atoms with van der Waals surface area (Å²) in [6, 6.07) is 9.67. The highest BCUT2D eigenvalue weighted by atomic mass is 16.2. The molecule has 0 bridgehead atoms. The molecule has 2 N–H and O–H groups in total. The van der Waals surface area contributed by atoms with Crippen LogP contribution >= 0.6 is 0 Å². The molecule has 4 nitrogen and oxygen atoms in total.